The van der Waals surface area contributed by atoms with Crippen molar-refractivity contribution in [1.29, 1.82) is 0 Å². The number of carbonyl (C=O) groups excluding carboxylic acids is 1. The molecule has 0 radical (unpaired) electrons. The molecular weight excluding hydrogens is 224 g/mol. The second kappa shape index (κ2) is 4.94. The lowest BCUT2D eigenvalue weighted by atomic mass is 9.98. The van der Waals surface area contributed by atoms with Crippen molar-refractivity contribution in [2.45, 2.75) is 12.8 Å². The van der Waals surface area contributed by atoms with Crippen molar-refractivity contribution in [1.82, 2.24) is 10.6 Å². The van der Waals surface area contributed by atoms with Crippen LogP contribution >= 0.6 is 0 Å². The number of hydrogen-bond acceptors (Lipinski definition) is 2. The molecule has 0 aromatic carbocycles. The lowest BCUT2D eigenvalue weighted by molar-refractivity contribution is -0.117. The van der Waals surface area contributed by atoms with Crippen LogP contribution < -0.4 is 10.6 Å². The predicted molar refractivity (Wildman–Crippen MR) is 72.0 cm³/mol. The fourth-order valence-corrected chi connectivity index (χ4v) is 2.70. The van der Waals surface area contributed by atoms with Gasteiger partial charge in [0.1, 0.15) is 0 Å². The molecule has 3 rings (SSSR count). The Balaban J connectivity index is 1.53. The van der Waals surface area contributed by atoms with E-state index >= 15 is 0 Å². The first-order chi connectivity index (χ1) is 8.84. The topological polar surface area (TPSA) is 41.1 Å². The van der Waals surface area contributed by atoms with Gasteiger partial charge in [0.2, 0.25) is 0 Å². The molecule has 0 saturated carbocycles. The molecule has 0 aromatic rings. The SMILES string of the molecule is O=C(NCC1CCNCC1)C1=CC=C2C=CC=C21. The monoisotopic (exact) mass is 242 g/mol. The summed E-state index contributed by atoms with van der Waals surface area (Å²) in [5.41, 5.74) is 3.03. The van der Waals surface area contributed by atoms with Gasteiger partial charge in [-0.25, -0.2) is 0 Å². The van der Waals surface area contributed by atoms with Crippen molar-refractivity contribution in [3.8, 4) is 0 Å². The summed E-state index contributed by atoms with van der Waals surface area (Å²) in [6.45, 7) is 2.95. The molecule has 0 atom stereocenters. The van der Waals surface area contributed by atoms with E-state index in [0.717, 1.165) is 49.2 Å². The Kier molecular flexibility index (Phi) is 3.15. The summed E-state index contributed by atoms with van der Waals surface area (Å²) in [6.07, 6.45) is 12.3. The highest BCUT2D eigenvalue weighted by atomic mass is 16.1. The number of piperidine rings is 1. The fourth-order valence-electron chi connectivity index (χ4n) is 2.70. The smallest absolute Gasteiger partial charge is 0.251 e. The Labute approximate surface area is 107 Å². The molecule has 1 saturated heterocycles. The van der Waals surface area contributed by atoms with Crippen LogP contribution in [0.25, 0.3) is 0 Å². The molecule has 0 unspecified atom stereocenters. The second-order valence-corrected chi connectivity index (χ2v) is 5.05. The Morgan fingerprint density at radius 3 is 2.94 bits per heavy atom. The van der Waals surface area contributed by atoms with Crippen molar-refractivity contribution in [2.24, 2.45) is 5.92 Å². The van der Waals surface area contributed by atoms with Crippen LogP contribution in [0.3, 0.4) is 0 Å². The van der Waals surface area contributed by atoms with Crippen LogP contribution in [-0.2, 0) is 4.79 Å². The van der Waals surface area contributed by atoms with E-state index in [0.29, 0.717) is 5.92 Å². The minimum absolute atomic E-state index is 0.0646. The zero-order chi connectivity index (χ0) is 12.4. The van der Waals surface area contributed by atoms with Gasteiger partial charge < -0.3 is 10.6 Å². The summed E-state index contributed by atoms with van der Waals surface area (Å²) in [7, 11) is 0. The van der Waals surface area contributed by atoms with Gasteiger partial charge in [0.15, 0.2) is 0 Å². The van der Waals surface area contributed by atoms with E-state index in [4.69, 9.17) is 0 Å². The minimum Gasteiger partial charge on any atom is -0.352 e. The number of rotatable bonds is 3. The van der Waals surface area contributed by atoms with E-state index in [1.54, 1.807) is 0 Å². The highest BCUT2D eigenvalue weighted by molar-refractivity contribution is 6.01. The van der Waals surface area contributed by atoms with Crippen LogP contribution in [0.1, 0.15) is 12.8 Å². The number of amides is 1. The molecule has 0 bridgehead atoms. The predicted octanol–water partition coefficient (Wildman–Crippen LogP) is 1.46. The van der Waals surface area contributed by atoms with Crippen LogP contribution in [0.5, 0.6) is 0 Å². The Bertz CT molecular complexity index is 477. The maximum absolute atomic E-state index is 12.1. The van der Waals surface area contributed by atoms with Crippen LogP contribution in [0, 0.1) is 5.92 Å². The lowest BCUT2D eigenvalue weighted by Gasteiger charge is -2.22. The number of fused-ring (bicyclic) bond motifs is 1. The van der Waals surface area contributed by atoms with Crippen molar-refractivity contribution < 1.29 is 4.79 Å². The average molecular weight is 242 g/mol. The van der Waals surface area contributed by atoms with Crippen molar-refractivity contribution in [3.63, 3.8) is 0 Å². The van der Waals surface area contributed by atoms with Crippen LogP contribution in [0.2, 0.25) is 0 Å². The third-order valence-electron chi connectivity index (χ3n) is 3.82. The molecule has 2 aliphatic carbocycles. The van der Waals surface area contributed by atoms with E-state index in [-0.39, 0.29) is 5.91 Å². The number of carbonyl (C=O) groups is 1. The first-order valence-corrected chi connectivity index (χ1v) is 6.64. The minimum atomic E-state index is 0.0646. The summed E-state index contributed by atoms with van der Waals surface area (Å²) >= 11 is 0. The quantitative estimate of drug-likeness (QED) is 0.787. The molecule has 0 aromatic heterocycles. The molecule has 0 spiro atoms. The molecule has 2 N–H and O–H groups in total. The summed E-state index contributed by atoms with van der Waals surface area (Å²) in [5.74, 6) is 0.690. The summed E-state index contributed by atoms with van der Waals surface area (Å²) < 4.78 is 0. The standard InChI is InChI=1S/C15H18N2O/c18-15(17-10-11-6-8-16-9-7-11)14-5-4-12-2-1-3-13(12)14/h1-5,11,16H,6-10H2,(H,17,18). The highest BCUT2D eigenvalue weighted by Crippen LogP contribution is 2.30. The van der Waals surface area contributed by atoms with Crippen LogP contribution in [-0.4, -0.2) is 25.5 Å². The van der Waals surface area contributed by atoms with Gasteiger partial charge in [-0.3, -0.25) is 4.79 Å². The molecule has 1 aliphatic heterocycles. The molecule has 1 heterocycles. The first kappa shape index (κ1) is 11.5. The molecule has 1 amide bonds. The maximum Gasteiger partial charge on any atom is 0.251 e. The van der Waals surface area contributed by atoms with Crippen molar-refractivity contribution in [3.05, 3.63) is 47.1 Å². The number of nitrogens with one attached hydrogen (secondary N) is 2. The first-order valence-electron chi connectivity index (χ1n) is 6.64. The van der Waals surface area contributed by atoms with E-state index in [2.05, 4.69) is 10.6 Å². The average Bonchev–Trinajstić information content (AvgIpc) is 2.99. The molecule has 1 fully saturated rings. The summed E-state index contributed by atoms with van der Waals surface area (Å²) in [6, 6.07) is 0. The van der Waals surface area contributed by atoms with Gasteiger partial charge in [-0.1, -0.05) is 24.3 Å². The molecule has 3 heteroatoms. The fraction of sp³-hybridized carbons (Fsp3) is 0.400. The summed E-state index contributed by atoms with van der Waals surface area (Å²) in [5, 5.41) is 6.41. The third kappa shape index (κ3) is 2.18. The van der Waals surface area contributed by atoms with E-state index in [1.165, 1.54) is 0 Å². The molecule has 18 heavy (non-hydrogen) atoms. The zero-order valence-corrected chi connectivity index (χ0v) is 10.4. The Morgan fingerprint density at radius 1 is 1.28 bits per heavy atom. The number of hydrogen-bond donors (Lipinski definition) is 2. The molecule has 3 nitrogen and oxygen atoms in total. The Hall–Kier alpha value is -1.61. The van der Waals surface area contributed by atoms with Gasteiger partial charge >= 0.3 is 0 Å². The van der Waals surface area contributed by atoms with Crippen molar-refractivity contribution >= 4 is 5.91 Å². The molecular formula is C15H18N2O. The zero-order valence-electron chi connectivity index (χ0n) is 10.4. The normalized spacial score (nSPS) is 22.3. The van der Waals surface area contributed by atoms with Gasteiger partial charge in [-0.2, -0.15) is 0 Å². The van der Waals surface area contributed by atoms with Gasteiger partial charge in [-0.05, 0) is 49.1 Å². The maximum atomic E-state index is 12.1. The van der Waals surface area contributed by atoms with E-state index in [9.17, 15) is 4.79 Å². The largest absolute Gasteiger partial charge is 0.352 e. The van der Waals surface area contributed by atoms with E-state index < -0.39 is 0 Å². The van der Waals surface area contributed by atoms with E-state index in [1.807, 2.05) is 30.4 Å². The molecule has 94 valence electrons. The van der Waals surface area contributed by atoms with Gasteiger partial charge in [0.05, 0.1) is 0 Å². The summed E-state index contributed by atoms with van der Waals surface area (Å²) in [4.78, 5) is 12.1. The van der Waals surface area contributed by atoms with Crippen LogP contribution in [0.15, 0.2) is 47.1 Å². The second-order valence-electron chi connectivity index (χ2n) is 5.05. The lowest BCUT2D eigenvalue weighted by Crippen LogP contribution is -2.36. The van der Waals surface area contributed by atoms with Crippen molar-refractivity contribution in [2.75, 3.05) is 19.6 Å². The molecule has 3 aliphatic rings. The number of allylic oxidation sites excluding steroid dienone is 6. The highest BCUT2D eigenvalue weighted by Gasteiger charge is 2.22. The van der Waals surface area contributed by atoms with Gasteiger partial charge in [0, 0.05) is 12.1 Å². The van der Waals surface area contributed by atoms with Gasteiger partial charge in [-0.15, -0.1) is 0 Å². The van der Waals surface area contributed by atoms with Gasteiger partial charge in [0.25, 0.3) is 5.91 Å². The third-order valence-corrected chi connectivity index (χ3v) is 3.82. The van der Waals surface area contributed by atoms with Crippen LogP contribution in [0.4, 0.5) is 0 Å². The Morgan fingerprint density at radius 2 is 2.11 bits per heavy atom.